The van der Waals surface area contributed by atoms with Crippen molar-refractivity contribution in [1.29, 1.82) is 0 Å². The highest BCUT2D eigenvalue weighted by Crippen LogP contribution is 2.25. The summed E-state index contributed by atoms with van der Waals surface area (Å²) >= 11 is 0. The topological polar surface area (TPSA) is 82.2 Å². The molecule has 2 rings (SSSR count). The van der Waals surface area contributed by atoms with Gasteiger partial charge in [0, 0.05) is 0 Å². The smallest absolute Gasteiger partial charge is 0.339 e. The minimum absolute atomic E-state index is 0.194. The summed E-state index contributed by atoms with van der Waals surface area (Å²) < 4.78 is 0. The van der Waals surface area contributed by atoms with Crippen molar-refractivity contribution >= 4 is 17.3 Å². The molecule has 0 atom stereocenters. The third-order valence-corrected chi connectivity index (χ3v) is 2.53. The Labute approximate surface area is 109 Å². The maximum absolute atomic E-state index is 10.9. The average molecular weight is 256 g/mol. The molecule has 0 radical (unpaired) electrons. The molecular weight excluding hydrogens is 244 g/mol. The Hall–Kier alpha value is -2.69. The highest BCUT2D eigenvalue weighted by Gasteiger charge is 2.09. The second kappa shape index (κ2) is 5.30. The lowest BCUT2D eigenvalue weighted by atomic mass is 10.2. The first-order chi connectivity index (χ1) is 9.06. The SMILES string of the molecule is Cc1ccc(N=Nc2ccc(O)c(C(=O)O)c2)cc1. The molecule has 0 amide bonds. The molecule has 0 saturated heterocycles. The molecule has 2 aromatic carbocycles. The molecule has 0 bridgehead atoms. The number of carboxylic acids is 1. The van der Waals surface area contributed by atoms with Crippen molar-refractivity contribution in [3.05, 3.63) is 53.6 Å². The summed E-state index contributed by atoms with van der Waals surface area (Å²) in [6.45, 7) is 1.97. The third kappa shape index (κ3) is 3.16. The maximum atomic E-state index is 10.9. The van der Waals surface area contributed by atoms with Crippen molar-refractivity contribution in [2.24, 2.45) is 10.2 Å². The molecule has 0 aliphatic rings. The molecule has 19 heavy (non-hydrogen) atoms. The van der Waals surface area contributed by atoms with E-state index in [0.29, 0.717) is 11.4 Å². The Morgan fingerprint density at radius 1 is 1.00 bits per heavy atom. The van der Waals surface area contributed by atoms with Crippen molar-refractivity contribution in [2.75, 3.05) is 0 Å². The van der Waals surface area contributed by atoms with Crippen LogP contribution in [0.25, 0.3) is 0 Å². The number of aryl methyl sites for hydroxylation is 1. The number of nitrogens with zero attached hydrogens (tertiary/aromatic N) is 2. The monoisotopic (exact) mass is 256 g/mol. The maximum Gasteiger partial charge on any atom is 0.339 e. The van der Waals surface area contributed by atoms with Crippen LogP contribution < -0.4 is 0 Å². The zero-order valence-corrected chi connectivity index (χ0v) is 10.2. The van der Waals surface area contributed by atoms with Gasteiger partial charge in [-0.05, 0) is 37.3 Å². The lowest BCUT2D eigenvalue weighted by Crippen LogP contribution is -1.95. The lowest BCUT2D eigenvalue weighted by molar-refractivity contribution is 0.0694. The minimum atomic E-state index is -1.20. The zero-order valence-electron chi connectivity index (χ0n) is 10.2. The summed E-state index contributed by atoms with van der Waals surface area (Å²) in [6, 6.07) is 11.5. The Kier molecular flexibility index (Phi) is 3.56. The number of carbonyl (C=O) groups is 1. The van der Waals surface area contributed by atoms with Crippen molar-refractivity contribution in [3.8, 4) is 5.75 Å². The van der Waals surface area contributed by atoms with E-state index in [1.54, 1.807) is 0 Å². The van der Waals surface area contributed by atoms with Gasteiger partial charge in [-0.3, -0.25) is 0 Å². The normalized spacial score (nSPS) is 10.8. The lowest BCUT2D eigenvalue weighted by Gasteiger charge is -2.00. The molecule has 0 spiro atoms. The van der Waals surface area contributed by atoms with Crippen LogP contribution in [0.3, 0.4) is 0 Å². The van der Waals surface area contributed by atoms with E-state index in [-0.39, 0.29) is 11.3 Å². The van der Waals surface area contributed by atoms with E-state index in [4.69, 9.17) is 5.11 Å². The summed E-state index contributed by atoms with van der Waals surface area (Å²) in [5, 5.41) is 26.2. The van der Waals surface area contributed by atoms with Crippen LogP contribution in [0.15, 0.2) is 52.7 Å². The van der Waals surface area contributed by atoms with Crippen molar-refractivity contribution < 1.29 is 15.0 Å². The van der Waals surface area contributed by atoms with Crippen molar-refractivity contribution in [3.63, 3.8) is 0 Å². The largest absolute Gasteiger partial charge is 0.507 e. The predicted octanol–water partition coefficient (Wildman–Crippen LogP) is 3.81. The van der Waals surface area contributed by atoms with Gasteiger partial charge in [-0.15, -0.1) is 0 Å². The number of benzene rings is 2. The second-order valence-corrected chi connectivity index (χ2v) is 4.04. The van der Waals surface area contributed by atoms with Gasteiger partial charge < -0.3 is 10.2 Å². The highest BCUT2D eigenvalue weighted by molar-refractivity contribution is 5.91. The molecule has 0 saturated carbocycles. The summed E-state index contributed by atoms with van der Waals surface area (Å²) in [4.78, 5) is 10.9. The second-order valence-electron chi connectivity index (χ2n) is 4.04. The van der Waals surface area contributed by atoms with Crippen LogP contribution in [0, 0.1) is 6.92 Å². The van der Waals surface area contributed by atoms with E-state index in [9.17, 15) is 9.90 Å². The number of rotatable bonds is 3. The first-order valence-corrected chi connectivity index (χ1v) is 5.61. The highest BCUT2D eigenvalue weighted by atomic mass is 16.4. The fourth-order valence-electron chi connectivity index (χ4n) is 1.48. The van der Waals surface area contributed by atoms with Crippen LogP contribution in [0.2, 0.25) is 0 Å². The molecule has 0 aromatic heterocycles. The van der Waals surface area contributed by atoms with E-state index in [1.807, 2.05) is 31.2 Å². The van der Waals surface area contributed by atoms with Crippen molar-refractivity contribution in [2.45, 2.75) is 6.92 Å². The number of phenols is 1. The Morgan fingerprint density at radius 2 is 1.58 bits per heavy atom. The van der Waals surface area contributed by atoms with Crippen LogP contribution in [0.4, 0.5) is 11.4 Å². The van der Waals surface area contributed by atoms with Crippen LogP contribution in [-0.4, -0.2) is 16.2 Å². The van der Waals surface area contributed by atoms with Crippen LogP contribution in [0.5, 0.6) is 5.75 Å². The molecule has 0 aliphatic carbocycles. The molecule has 2 N–H and O–H groups in total. The van der Waals surface area contributed by atoms with E-state index >= 15 is 0 Å². The van der Waals surface area contributed by atoms with Gasteiger partial charge in [0.25, 0.3) is 0 Å². The summed E-state index contributed by atoms with van der Waals surface area (Å²) in [5.74, 6) is -1.49. The van der Waals surface area contributed by atoms with Crippen LogP contribution in [-0.2, 0) is 0 Å². The molecular formula is C14H12N2O3. The van der Waals surface area contributed by atoms with Crippen LogP contribution in [0.1, 0.15) is 15.9 Å². The van der Waals surface area contributed by atoms with Gasteiger partial charge in [-0.2, -0.15) is 10.2 Å². The van der Waals surface area contributed by atoms with E-state index in [2.05, 4.69) is 10.2 Å². The number of aromatic carboxylic acids is 1. The molecule has 5 nitrogen and oxygen atoms in total. The molecule has 0 heterocycles. The van der Waals surface area contributed by atoms with E-state index in [1.165, 1.54) is 18.2 Å². The van der Waals surface area contributed by atoms with Gasteiger partial charge in [0.05, 0.1) is 11.4 Å². The zero-order chi connectivity index (χ0) is 13.8. The minimum Gasteiger partial charge on any atom is -0.507 e. The molecule has 5 heteroatoms. The summed E-state index contributed by atoms with van der Waals surface area (Å²) in [6.07, 6.45) is 0. The number of carboxylic acid groups (broad SMARTS) is 1. The van der Waals surface area contributed by atoms with E-state index < -0.39 is 5.97 Å². The fraction of sp³-hybridized carbons (Fsp3) is 0.0714. The van der Waals surface area contributed by atoms with Gasteiger partial charge in [-0.1, -0.05) is 17.7 Å². The van der Waals surface area contributed by atoms with Gasteiger partial charge in [0.15, 0.2) is 0 Å². The van der Waals surface area contributed by atoms with Gasteiger partial charge in [0.1, 0.15) is 11.3 Å². The Morgan fingerprint density at radius 3 is 2.21 bits per heavy atom. The quantitative estimate of drug-likeness (QED) is 0.819. The molecule has 0 fully saturated rings. The Balaban J connectivity index is 2.26. The van der Waals surface area contributed by atoms with Crippen LogP contribution >= 0.6 is 0 Å². The van der Waals surface area contributed by atoms with Gasteiger partial charge in [-0.25, -0.2) is 4.79 Å². The fourth-order valence-corrected chi connectivity index (χ4v) is 1.48. The molecule has 96 valence electrons. The number of hydrogen-bond donors (Lipinski definition) is 2. The first kappa shape index (κ1) is 12.8. The molecule has 2 aromatic rings. The standard InChI is InChI=1S/C14H12N2O3/c1-9-2-4-10(5-3-9)15-16-11-6-7-13(17)12(8-11)14(18)19/h2-8,17H,1H3,(H,18,19). The van der Waals surface area contributed by atoms with Crippen molar-refractivity contribution in [1.82, 2.24) is 0 Å². The number of azo groups is 1. The van der Waals surface area contributed by atoms with E-state index in [0.717, 1.165) is 5.56 Å². The predicted molar refractivity (Wildman–Crippen MR) is 70.4 cm³/mol. The third-order valence-electron chi connectivity index (χ3n) is 2.53. The summed E-state index contributed by atoms with van der Waals surface area (Å²) in [7, 11) is 0. The molecule has 0 aliphatic heterocycles. The number of hydrogen-bond acceptors (Lipinski definition) is 4. The van der Waals surface area contributed by atoms with Gasteiger partial charge in [0.2, 0.25) is 0 Å². The molecule has 0 unspecified atom stereocenters. The first-order valence-electron chi connectivity index (χ1n) is 5.61. The number of aromatic hydroxyl groups is 1. The van der Waals surface area contributed by atoms with Gasteiger partial charge >= 0.3 is 5.97 Å². The average Bonchev–Trinajstić information content (AvgIpc) is 2.39. The summed E-state index contributed by atoms with van der Waals surface area (Å²) in [5.41, 5.74) is 1.98. The Bertz CT molecular complexity index is 634.